The maximum atomic E-state index is 12.6. The predicted molar refractivity (Wildman–Crippen MR) is 122 cm³/mol. The summed E-state index contributed by atoms with van der Waals surface area (Å²) in [5, 5.41) is 12.3. The largest absolute Gasteiger partial charge is 0.340 e. The molecular formula is C23H21N7O. The molecule has 0 fully saturated rings. The second-order valence-corrected chi connectivity index (χ2v) is 7.65. The molecule has 0 aliphatic heterocycles. The molecule has 0 amide bonds. The summed E-state index contributed by atoms with van der Waals surface area (Å²) in [6.45, 7) is 0.338. The van der Waals surface area contributed by atoms with Gasteiger partial charge in [-0.2, -0.15) is 5.10 Å². The third-order valence-corrected chi connectivity index (χ3v) is 5.04. The van der Waals surface area contributed by atoms with Crippen LogP contribution in [0.2, 0.25) is 0 Å². The van der Waals surface area contributed by atoms with Crippen molar-refractivity contribution in [2.24, 2.45) is 0 Å². The van der Waals surface area contributed by atoms with E-state index in [-0.39, 0.29) is 5.91 Å². The van der Waals surface area contributed by atoms with Crippen LogP contribution in [0.3, 0.4) is 0 Å². The number of rotatable bonds is 5. The molecule has 0 atom stereocenters. The van der Waals surface area contributed by atoms with Crippen LogP contribution in [-0.4, -0.2) is 56.2 Å². The lowest BCUT2D eigenvalue weighted by Crippen LogP contribution is -2.25. The molecule has 2 N–H and O–H groups in total. The van der Waals surface area contributed by atoms with Gasteiger partial charge in [-0.15, -0.1) is 0 Å². The number of hydrogen-bond donors (Lipinski definition) is 2. The number of aromatic amines is 1. The maximum Gasteiger partial charge on any atom is 0.245 e. The van der Waals surface area contributed by atoms with Crippen LogP contribution < -0.4 is 5.32 Å². The summed E-state index contributed by atoms with van der Waals surface area (Å²) >= 11 is 0. The van der Waals surface area contributed by atoms with E-state index in [4.69, 9.17) is 0 Å². The van der Waals surface area contributed by atoms with E-state index in [1.807, 2.05) is 73.7 Å². The van der Waals surface area contributed by atoms with Gasteiger partial charge in [0, 0.05) is 34.4 Å². The molecule has 0 saturated heterocycles. The molecule has 0 radical (unpaired) electrons. The number of benzene rings is 2. The Labute approximate surface area is 178 Å². The molecule has 0 unspecified atom stereocenters. The van der Waals surface area contributed by atoms with E-state index in [0.717, 1.165) is 33.1 Å². The predicted octanol–water partition coefficient (Wildman–Crippen LogP) is 3.92. The molecule has 0 aliphatic rings. The third kappa shape index (κ3) is 3.76. The van der Waals surface area contributed by atoms with Crippen molar-refractivity contribution in [1.29, 1.82) is 0 Å². The Hall–Kier alpha value is -4.04. The van der Waals surface area contributed by atoms with Crippen LogP contribution >= 0.6 is 0 Å². The molecule has 8 heteroatoms. The van der Waals surface area contributed by atoms with Gasteiger partial charge in [-0.3, -0.25) is 14.5 Å². The van der Waals surface area contributed by atoms with Gasteiger partial charge < -0.3 is 10.2 Å². The number of H-pyrrole nitrogens is 1. The van der Waals surface area contributed by atoms with Gasteiger partial charge in [0.25, 0.3) is 0 Å². The summed E-state index contributed by atoms with van der Waals surface area (Å²) in [5.41, 5.74) is 3.59. The smallest absolute Gasteiger partial charge is 0.245 e. The molecule has 0 aliphatic carbocycles. The second-order valence-electron chi connectivity index (χ2n) is 7.65. The molecule has 3 heterocycles. The molecule has 8 nitrogen and oxygen atoms in total. The van der Waals surface area contributed by atoms with Gasteiger partial charge >= 0.3 is 0 Å². The van der Waals surface area contributed by atoms with Crippen LogP contribution in [0, 0.1) is 0 Å². The fourth-order valence-corrected chi connectivity index (χ4v) is 3.57. The van der Waals surface area contributed by atoms with Crippen molar-refractivity contribution in [2.45, 2.75) is 0 Å². The minimum atomic E-state index is 0.0168. The minimum absolute atomic E-state index is 0.0168. The van der Waals surface area contributed by atoms with Crippen LogP contribution in [0.4, 0.5) is 11.5 Å². The fraction of sp³-hybridized carbons (Fsp3) is 0.130. The van der Waals surface area contributed by atoms with E-state index in [9.17, 15) is 4.79 Å². The lowest BCUT2D eigenvalue weighted by Gasteiger charge is -2.10. The molecular weight excluding hydrogens is 390 g/mol. The van der Waals surface area contributed by atoms with Crippen molar-refractivity contribution in [3.05, 3.63) is 67.1 Å². The van der Waals surface area contributed by atoms with Crippen molar-refractivity contribution >= 4 is 39.2 Å². The standard InChI is InChI=1S/C23H21N7O/c1-29(2)14-22(31)30-10-8-15-3-4-16(12-20(15)30)23-24-9-7-21(27-23)26-18-5-6-19-17(11-18)13-25-28-19/h3-13H,14H2,1-2H3,(H,25,28)(H,24,26,27). The van der Waals surface area contributed by atoms with Gasteiger partial charge in [0.1, 0.15) is 5.82 Å². The minimum Gasteiger partial charge on any atom is -0.340 e. The quantitative estimate of drug-likeness (QED) is 0.455. The highest BCUT2D eigenvalue weighted by molar-refractivity contribution is 5.95. The molecule has 0 saturated carbocycles. The normalized spacial score (nSPS) is 11.5. The molecule has 5 rings (SSSR count). The highest BCUT2D eigenvalue weighted by atomic mass is 16.2. The Balaban J connectivity index is 1.46. The Morgan fingerprint density at radius 3 is 2.87 bits per heavy atom. The number of fused-ring (bicyclic) bond motifs is 2. The van der Waals surface area contributed by atoms with Crippen LogP contribution in [-0.2, 0) is 0 Å². The first-order valence-corrected chi connectivity index (χ1v) is 9.89. The van der Waals surface area contributed by atoms with E-state index in [2.05, 4.69) is 25.5 Å². The first kappa shape index (κ1) is 19.0. The zero-order valence-corrected chi connectivity index (χ0v) is 17.2. The van der Waals surface area contributed by atoms with Crippen molar-refractivity contribution in [3.63, 3.8) is 0 Å². The zero-order chi connectivity index (χ0) is 21.4. The molecule has 154 valence electrons. The highest BCUT2D eigenvalue weighted by Crippen LogP contribution is 2.25. The number of nitrogens with one attached hydrogen (secondary N) is 2. The van der Waals surface area contributed by atoms with Crippen molar-refractivity contribution < 1.29 is 4.79 Å². The Morgan fingerprint density at radius 2 is 2.00 bits per heavy atom. The summed E-state index contributed by atoms with van der Waals surface area (Å²) < 4.78 is 1.68. The summed E-state index contributed by atoms with van der Waals surface area (Å²) in [4.78, 5) is 23.6. The number of anilines is 2. The number of likely N-dealkylation sites (N-methyl/N-ethyl adjacent to an activating group) is 1. The molecule has 31 heavy (non-hydrogen) atoms. The average Bonchev–Trinajstić information content (AvgIpc) is 3.39. The molecule has 3 aromatic heterocycles. The van der Waals surface area contributed by atoms with Crippen molar-refractivity contribution in [2.75, 3.05) is 26.0 Å². The number of nitrogens with zero attached hydrogens (tertiary/aromatic N) is 5. The monoisotopic (exact) mass is 411 g/mol. The van der Waals surface area contributed by atoms with Crippen LogP contribution in [0.25, 0.3) is 33.2 Å². The number of carbonyl (C=O) groups is 1. The fourth-order valence-electron chi connectivity index (χ4n) is 3.57. The van der Waals surface area contributed by atoms with Crippen LogP contribution in [0.1, 0.15) is 4.79 Å². The van der Waals surface area contributed by atoms with Crippen LogP contribution in [0.15, 0.2) is 67.1 Å². The van der Waals surface area contributed by atoms with Gasteiger partial charge in [0.05, 0.1) is 23.8 Å². The second kappa shape index (κ2) is 7.66. The van der Waals surface area contributed by atoms with E-state index in [1.54, 1.807) is 17.0 Å². The summed E-state index contributed by atoms with van der Waals surface area (Å²) in [6.07, 6.45) is 5.32. The van der Waals surface area contributed by atoms with E-state index < -0.39 is 0 Å². The van der Waals surface area contributed by atoms with Gasteiger partial charge in [0.15, 0.2) is 5.82 Å². The number of aromatic nitrogens is 5. The number of hydrogen-bond acceptors (Lipinski definition) is 6. The summed E-state index contributed by atoms with van der Waals surface area (Å²) in [7, 11) is 3.76. The van der Waals surface area contributed by atoms with E-state index >= 15 is 0 Å². The SMILES string of the molecule is CN(C)CC(=O)n1ccc2ccc(-c3nccc(Nc4ccc5[nH]ncc5c4)n3)cc21. The van der Waals surface area contributed by atoms with Gasteiger partial charge in [-0.25, -0.2) is 9.97 Å². The molecule has 0 spiro atoms. The van der Waals surface area contributed by atoms with E-state index in [0.29, 0.717) is 18.2 Å². The first-order valence-electron chi connectivity index (χ1n) is 9.89. The van der Waals surface area contributed by atoms with E-state index in [1.165, 1.54) is 0 Å². The number of carbonyl (C=O) groups excluding carboxylic acids is 1. The third-order valence-electron chi connectivity index (χ3n) is 5.04. The Kier molecular flexibility index (Phi) is 4.68. The maximum absolute atomic E-state index is 12.6. The molecule has 5 aromatic rings. The zero-order valence-electron chi connectivity index (χ0n) is 17.2. The van der Waals surface area contributed by atoms with Gasteiger partial charge in [-0.1, -0.05) is 12.1 Å². The first-order chi connectivity index (χ1) is 15.1. The topological polar surface area (TPSA) is 91.7 Å². The van der Waals surface area contributed by atoms with Crippen molar-refractivity contribution in [3.8, 4) is 11.4 Å². The van der Waals surface area contributed by atoms with Gasteiger partial charge in [-0.05, 0) is 50.5 Å². The van der Waals surface area contributed by atoms with Crippen LogP contribution in [0.5, 0.6) is 0 Å². The summed E-state index contributed by atoms with van der Waals surface area (Å²) in [5.74, 6) is 1.29. The summed E-state index contributed by atoms with van der Waals surface area (Å²) in [6, 6.07) is 15.6. The lowest BCUT2D eigenvalue weighted by molar-refractivity contribution is 0.0882. The van der Waals surface area contributed by atoms with Gasteiger partial charge in [0.2, 0.25) is 5.91 Å². The molecule has 2 aromatic carbocycles. The highest BCUT2D eigenvalue weighted by Gasteiger charge is 2.12. The average molecular weight is 411 g/mol. The van der Waals surface area contributed by atoms with Crippen molar-refractivity contribution in [1.82, 2.24) is 29.6 Å². The lowest BCUT2D eigenvalue weighted by atomic mass is 10.1. The Bertz CT molecular complexity index is 1400. The molecule has 0 bridgehead atoms. The Morgan fingerprint density at radius 1 is 1.10 bits per heavy atom.